The third kappa shape index (κ3) is 3.95. The van der Waals surface area contributed by atoms with Gasteiger partial charge in [0, 0.05) is 24.3 Å². The van der Waals surface area contributed by atoms with Gasteiger partial charge < -0.3 is 20.5 Å². The van der Waals surface area contributed by atoms with Gasteiger partial charge in [-0.1, -0.05) is 6.07 Å². The molecule has 0 atom stereocenters. The molecule has 1 aromatic rings. The minimum Gasteiger partial charge on any atom is -0.480 e. The van der Waals surface area contributed by atoms with Crippen molar-refractivity contribution in [1.29, 1.82) is 0 Å². The molecule has 1 aliphatic heterocycles. The molecular weight excluding hydrogens is 272 g/mol. The molecule has 6 nitrogen and oxygen atoms in total. The van der Waals surface area contributed by atoms with Crippen LogP contribution in [0, 0.1) is 6.92 Å². The molecule has 1 aliphatic rings. The van der Waals surface area contributed by atoms with E-state index in [-0.39, 0.29) is 18.6 Å². The average molecular weight is 292 g/mol. The van der Waals surface area contributed by atoms with Crippen LogP contribution in [-0.4, -0.2) is 47.7 Å². The van der Waals surface area contributed by atoms with Gasteiger partial charge >= 0.3 is 5.97 Å². The topological polar surface area (TPSA) is 92.9 Å². The quantitative estimate of drug-likeness (QED) is 0.816. The molecule has 0 aromatic heterocycles. The van der Waals surface area contributed by atoms with Crippen LogP contribution in [0.15, 0.2) is 18.2 Å². The van der Waals surface area contributed by atoms with Crippen molar-refractivity contribution in [2.45, 2.75) is 25.9 Å². The van der Waals surface area contributed by atoms with Gasteiger partial charge in [0.1, 0.15) is 6.61 Å². The van der Waals surface area contributed by atoms with Gasteiger partial charge in [0.05, 0.1) is 6.10 Å². The lowest BCUT2D eigenvalue weighted by atomic mass is 10.0. The van der Waals surface area contributed by atoms with Crippen LogP contribution in [0.4, 0.5) is 5.69 Å². The number of carbonyl (C=O) groups is 2. The molecule has 0 saturated carbocycles. The smallest absolute Gasteiger partial charge is 0.329 e. The maximum atomic E-state index is 12.4. The van der Waals surface area contributed by atoms with Crippen molar-refractivity contribution < 1.29 is 19.4 Å². The molecule has 1 amide bonds. The number of aryl methyl sites for hydroxylation is 1. The normalized spacial score (nSPS) is 16.0. The SMILES string of the molecule is Cc1ccc(C(=O)N2CCC(OCC(=O)O)CC2)cc1N. The molecule has 1 saturated heterocycles. The van der Waals surface area contributed by atoms with E-state index in [9.17, 15) is 9.59 Å². The number of nitrogen functional groups attached to an aromatic ring is 1. The minimum atomic E-state index is -0.969. The van der Waals surface area contributed by atoms with E-state index in [1.807, 2.05) is 13.0 Å². The molecule has 2 rings (SSSR count). The van der Waals surface area contributed by atoms with E-state index in [1.165, 1.54) is 0 Å². The second kappa shape index (κ2) is 6.58. The number of aliphatic carboxylic acids is 1. The van der Waals surface area contributed by atoms with Gasteiger partial charge in [0.15, 0.2) is 0 Å². The number of carbonyl (C=O) groups excluding carboxylic acids is 1. The first kappa shape index (κ1) is 15.3. The molecule has 1 fully saturated rings. The van der Waals surface area contributed by atoms with Crippen LogP contribution < -0.4 is 5.73 Å². The van der Waals surface area contributed by atoms with Crippen molar-refractivity contribution in [2.24, 2.45) is 0 Å². The molecule has 114 valence electrons. The fourth-order valence-electron chi connectivity index (χ4n) is 2.37. The van der Waals surface area contributed by atoms with Crippen molar-refractivity contribution in [1.82, 2.24) is 4.90 Å². The van der Waals surface area contributed by atoms with E-state index < -0.39 is 5.97 Å². The first-order chi connectivity index (χ1) is 9.97. The van der Waals surface area contributed by atoms with E-state index in [0.29, 0.717) is 37.2 Å². The molecule has 0 radical (unpaired) electrons. The molecule has 1 aromatic carbocycles. The molecule has 0 aliphatic carbocycles. The summed E-state index contributed by atoms with van der Waals surface area (Å²) in [4.78, 5) is 24.6. The maximum Gasteiger partial charge on any atom is 0.329 e. The highest BCUT2D eigenvalue weighted by molar-refractivity contribution is 5.95. The molecule has 0 unspecified atom stereocenters. The Balaban J connectivity index is 1.90. The Morgan fingerprint density at radius 3 is 2.62 bits per heavy atom. The Morgan fingerprint density at radius 1 is 1.38 bits per heavy atom. The van der Waals surface area contributed by atoms with E-state index in [2.05, 4.69) is 0 Å². The Labute approximate surface area is 123 Å². The summed E-state index contributed by atoms with van der Waals surface area (Å²) in [5.74, 6) is -1.01. The van der Waals surface area contributed by atoms with Gasteiger partial charge in [0.2, 0.25) is 0 Å². The summed E-state index contributed by atoms with van der Waals surface area (Å²) in [5, 5.41) is 8.58. The summed E-state index contributed by atoms with van der Waals surface area (Å²) < 4.78 is 5.26. The molecule has 6 heteroatoms. The fraction of sp³-hybridized carbons (Fsp3) is 0.467. The number of rotatable bonds is 4. The predicted molar refractivity (Wildman–Crippen MR) is 78.1 cm³/mol. The number of hydrogen-bond acceptors (Lipinski definition) is 4. The molecular formula is C15H20N2O4. The zero-order valence-electron chi connectivity index (χ0n) is 12.0. The first-order valence-corrected chi connectivity index (χ1v) is 6.96. The van der Waals surface area contributed by atoms with Crippen LogP contribution in [-0.2, 0) is 9.53 Å². The van der Waals surface area contributed by atoms with Crippen molar-refractivity contribution in [3.63, 3.8) is 0 Å². The number of hydrogen-bond donors (Lipinski definition) is 2. The Hall–Kier alpha value is -2.08. The number of carboxylic acid groups (broad SMARTS) is 1. The molecule has 21 heavy (non-hydrogen) atoms. The van der Waals surface area contributed by atoms with Crippen LogP contribution in [0.5, 0.6) is 0 Å². The number of benzene rings is 1. The number of piperidine rings is 1. The Kier molecular flexibility index (Phi) is 4.80. The van der Waals surface area contributed by atoms with E-state index in [1.54, 1.807) is 17.0 Å². The second-order valence-electron chi connectivity index (χ2n) is 5.27. The van der Waals surface area contributed by atoms with Crippen LogP contribution in [0.2, 0.25) is 0 Å². The van der Waals surface area contributed by atoms with E-state index in [0.717, 1.165) is 5.56 Å². The van der Waals surface area contributed by atoms with Crippen molar-refractivity contribution in [3.05, 3.63) is 29.3 Å². The number of anilines is 1. The van der Waals surface area contributed by atoms with Crippen LogP contribution in [0.1, 0.15) is 28.8 Å². The van der Waals surface area contributed by atoms with Crippen LogP contribution in [0.3, 0.4) is 0 Å². The highest BCUT2D eigenvalue weighted by atomic mass is 16.5. The highest BCUT2D eigenvalue weighted by Gasteiger charge is 2.24. The van der Waals surface area contributed by atoms with E-state index in [4.69, 9.17) is 15.6 Å². The molecule has 1 heterocycles. The lowest BCUT2D eigenvalue weighted by Crippen LogP contribution is -2.41. The Morgan fingerprint density at radius 2 is 2.05 bits per heavy atom. The summed E-state index contributed by atoms with van der Waals surface area (Å²) in [6, 6.07) is 5.32. The largest absolute Gasteiger partial charge is 0.480 e. The lowest BCUT2D eigenvalue weighted by Gasteiger charge is -2.31. The lowest BCUT2D eigenvalue weighted by molar-refractivity contribution is -0.145. The van der Waals surface area contributed by atoms with Gasteiger partial charge in [-0.3, -0.25) is 4.79 Å². The first-order valence-electron chi connectivity index (χ1n) is 6.96. The molecule has 3 N–H and O–H groups in total. The van der Waals surface area contributed by atoms with Gasteiger partial charge in [-0.15, -0.1) is 0 Å². The minimum absolute atomic E-state index is 0.0432. The number of amides is 1. The zero-order chi connectivity index (χ0) is 15.4. The average Bonchev–Trinajstić information content (AvgIpc) is 2.48. The monoisotopic (exact) mass is 292 g/mol. The number of ether oxygens (including phenoxy) is 1. The maximum absolute atomic E-state index is 12.4. The number of nitrogens with zero attached hydrogens (tertiary/aromatic N) is 1. The highest BCUT2D eigenvalue weighted by Crippen LogP contribution is 2.19. The summed E-state index contributed by atoms with van der Waals surface area (Å²) in [5.41, 5.74) is 7.98. The summed E-state index contributed by atoms with van der Waals surface area (Å²) in [6.07, 6.45) is 1.22. The van der Waals surface area contributed by atoms with Crippen molar-refractivity contribution >= 4 is 17.6 Å². The second-order valence-corrected chi connectivity index (χ2v) is 5.27. The molecule has 0 bridgehead atoms. The van der Waals surface area contributed by atoms with Crippen molar-refractivity contribution in [3.8, 4) is 0 Å². The van der Waals surface area contributed by atoms with Crippen LogP contribution in [0.25, 0.3) is 0 Å². The summed E-state index contributed by atoms with van der Waals surface area (Å²) in [6.45, 7) is 2.75. The third-order valence-electron chi connectivity index (χ3n) is 3.70. The number of carboxylic acids is 1. The van der Waals surface area contributed by atoms with Gasteiger partial charge in [-0.05, 0) is 37.5 Å². The van der Waals surface area contributed by atoms with Crippen molar-refractivity contribution in [2.75, 3.05) is 25.4 Å². The third-order valence-corrected chi connectivity index (χ3v) is 3.70. The van der Waals surface area contributed by atoms with Gasteiger partial charge in [-0.2, -0.15) is 0 Å². The standard InChI is InChI=1S/C15H20N2O4/c1-10-2-3-11(8-13(10)16)15(20)17-6-4-12(5-7-17)21-9-14(18)19/h2-3,8,12H,4-7,9,16H2,1H3,(H,18,19). The number of likely N-dealkylation sites (tertiary alicyclic amines) is 1. The summed E-state index contributed by atoms with van der Waals surface area (Å²) in [7, 11) is 0. The van der Waals surface area contributed by atoms with E-state index >= 15 is 0 Å². The summed E-state index contributed by atoms with van der Waals surface area (Å²) >= 11 is 0. The fourth-order valence-corrected chi connectivity index (χ4v) is 2.37. The van der Waals surface area contributed by atoms with Gasteiger partial charge in [0.25, 0.3) is 5.91 Å². The molecule has 0 spiro atoms. The van der Waals surface area contributed by atoms with Gasteiger partial charge in [-0.25, -0.2) is 4.79 Å². The van der Waals surface area contributed by atoms with Crippen LogP contribution >= 0.6 is 0 Å². The number of nitrogens with two attached hydrogens (primary N) is 1. The Bertz CT molecular complexity index is 536. The zero-order valence-corrected chi connectivity index (χ0v) is 12.0. The predicted octanol–water partition coefficient (Wildman–Crippen LogP) is 1.28.